The lowest BCUT2D eigenvalue weighted by Gasteiger charge is -2.47. The van der Waals surface area contributed by atoms with Gasteiger partial charge in [0, 0.05) is 43.2 Å². The van der Waals surface area contributed by atoms with Crippen molar-refractivity contribution in [2.75, 3.05) is 9.80 Å². The molecule has 5 heteroatoms. The van der Waals surface area contributed by atoms with Crippen LogP contribution in [0.25, 0.3) is 21.2 Å². The smallest absolute Gasteiger partial charge is 0.264 e. The highest BCUT2D eigenvalue weighted by molar-refractivity contribution is 7.33. The summed E-state index contributed by atoms with van der Waals surface area (Å²) >= 11 is 2.04. The van der Waals surface area contributed by atoms with Crippen LogP contribution in [0.3, 0.4) is 0 Å². The molecular formula is C59H61BN2SSi. The predicted molar refractivity (Wildman–Crippen MR) is 280 cm³/mol. The first-order valence-electron chi connectivity index (χ1n) is 23.9. The molecule has 12 rings (SSSR count). The van der Waals surface area contributed by atoms with E-state index >= 15 is 0 Å². The van der Waals surface area contributed by atoms with E-state index in [4.69, 9.17) is 0 Å². The molecule has 0 saturated carbocycles. The van der Waals surface area contributed by atoms with Crippen LogP contribution in [-0.2, 0) is 27.1 Å². The lowest BCUT2D eigenvalue weighted by molar-refractivity contribution is 0.332. The summed E-state index contributed by atoms with van der Waals surface area (Å²) in [6.07, 6.45) is 4.78. The first kappa shape index (κ1) is 40.7. The van der Waals surface area contributed by atoms with Gasteiger partial charge < -0.3 is 9.80 Å². The van der Waals surface area contributed by atoms with Crippen LogP contribution in [0.15, 0.2) is 103 Å². The van der Waals surface area contributed by atoms with E-state index in [1.54, 1.807) is 0 Å². The number of fused-ring (bicyclic) bond motifs is 11. The van der Waals surface area contributed by atoms with Crippen LogP contribution in [0.4, 0.5) is 34.1 Å². The molecule has 64 heavy (non-hydrogen) atoms. The molecule has 0 fully saturated rings. The largest absolute Gasteiger partial charge is 0.311 e. The molecule has 0 amide bonds. The average Bonchev–Trinajstić information content (AvgIpc) is 3.82. The molecule has 0 bridgehead atoms. The van der Waals surface area contributed by atoms with Crippen molar-refractivity contribution in [3.63, 3.8) is 0 Å². The Hall–Kier alpha value is -4.84. The van der Waals surface area contributed by atoms with Gasteiger partial charge >= 0.3 is 0 Å². The molecular weight excluding hydrogens is 808 g/mol. The van der Waals surface area contributed by atoms with E-state index < -0.39 is 0 Å². The fourth-order valence-electron chi connectivity index (χ4n) is 12.5. The first-order chi connectivity index (χ1) is 30.2. The Morgan fingerprint density at radius 1 is 0.578 bits per heavy atom. The lowest BCUT2D eigenvalue weighted by Crippen LogP contribution is -2.61. The Kier molecular flexibility index (Phi) is 8.36. The van der Waals surface area contributed by atoms with Crippen LogP contribution >= 0.6 is 11.3 Å². The van der Waals surface area contributed by atoms with Crippen molar-refractivity contribution < 1.29 is 0 Å². The minimum atomic E-state index is 0.0201. The van der Waals surface area contributed by atoms with Crippen molar-refractivity contribution in [2.24, 2.45) is 0 Å². The van der Waals surface area contributed by atoms with Crippen molar-refractivity contribution in [3.8, 4) is 11.1 Å². The Morgan fingerprint density at radius 3 is 1.91 bits per heavy atom. The molecule has 0 saturated heterocycles. The molecule has 2 radical (unpaired) electrons. The summed E-state index contributed by atoms with van der Waals surface area (Å²) in [5.41, 5.74) is 22.8. The van der Waals surface area contributed by atoms with E-state index in [9.17, 15) is 0 Å². The van der Waals surface area contributed by atoms with Gasteiger partial charge in [0.15, 0.2) is 0 Å². The highest BCUT2D eigenvalue weighted by Gasteiger charge is 2.49. The van der Waals surface area contributed by atoms with Crippen molar-refractivity contribution >= 4 is 97.9 Å². The number of hydrogen-bond donors (Lipinski definition) is 0. The fourth-order valence-corrected chi connectivity index (χ4v) is 15.1. The maximum absolute atomic E-state index is 2.74. The zero-order valence-corrected chi connectivity index (χ0v) is 41.8. The van der Waals surface area contributed by atoms with Gasteiger partial charge in [-0.05, 0) is 163 Å². The summed E-state index contributed by atoms with van der Waals surface area (Å²) in [5, 5.41) is 4.27. The van der Waals surface area contributed by atoms with Gasteiger partial charge in [-0.3, -0.25) is 0 Å². The van der Waals surface area contributed by atoms with Crippen molar-refractivity contribution in [1.82, 2.24) is 0 Å². The summed E-state index contributed by atoms with van der Waals surface area (Å²) in [6.45, 7) is 29.3. The van der Waals surface area contributed by atoms with Gasteiger partial charge in [0.2, 0.25) is 0 Å². The monoisotopic (exact) mass is 868 g/mol. The standard InChI is InChI=1S/C59H61BN2SSi/c1-34-28-46-52-47(29-34)62(44-17-15-19-50-51(44)37-16-13-14-18-49(37)64-50)53-38-30-35(55(2,3)4)20-23-48(38)63-54(53)60(52)43-32-41-42(59(11,12)27-26-58(41,9)10)33-45(43)61(46)36-21-22-39-40(31-36)57(7,8)25-24-56(39,5)6/h13-23,28-33H,24-27H2,1-12H3. The predicted octanol–water partition coefficient (Wildman–Crippen LogP) is 12.9. The zero-order valence-electron chi connectivity index (χ0n) is 40.0. The van der Waals surface area contributed by atoms with E-state index in [2.05, 4.69) is 196 Å². The molecule has 320 valence electrons. The molecule has 0 atom stereocenters. The highest BCUT2D eigenvalue weighted by Crippen LogP contribution is 2.54. The first-order valence-corrected chi connectivity index (χ1v) is 25.7. The van der Waals surface area contributed by atoms with Crippen molar-refractivity contribution in [1.29, 1.82) is 0 Å². The Morgan fingerprint density at radius 2 is 1.20 bits per heavy atom. The van der Waals surface area contributed by atoms with Gasteiger partial charge in [0.25, 0.3) is 6.71 Å². The maximum atomic E-state index is 2.74. The average molecular weight is 869 g/mol. The molecule has 1 aromatic heterocycles. The van der Waals surface area contributed by atoms with Gasteiger partial charge in [-0.25, -0.2) is 0 Å². The highest BCUT2D eigenvalue weighted by atomic mass is 32.1. The molecule has 4 heterocycles. The number of nitrogens with zero attached hydrogens (tertiary/aromatic N) is 2. The third-order valence-electron chi connectivity index (χ3n) is 16.5. The maximum Gasteiger partial charge on any atom is 0.264 e. The van der Waals surface area contributed by atoms with E-state index in [1.807, 2.05) is 11.3 Å². The van der Waals surface area contributed by atoms with Crippen LogP contribution in [0.2, 0.25) is 0 Å². The normalized spacial score (nSPS) is 19.0. The van der Waals surface area contributed by atoms with Gasteiger partial charge in [-0.2, -0.15) is 0 Å². The summed E-state index contributed by atoms with van der Waals surface area (Å²) in [6, 6.07) is 41.7. The van der Waals surface area contributed by atoms with Crippen molar-refractivity contribution in [3.05, 3.63) is 137 Å². The third kappa shape index (κ3) is 5.68. The number of thiophene rings is 1. The fraction of sp³-hybridized carbons (Fsp3) is 0.356. The van der Waals surface area contributed by atoms with E-state index in [-0.39, 0.29) is 33.8 Å². The van der Waals surface area contributed by atoms with Crippen LogP contribution in [0.5, 0.6) is 0 Å². The zero-order chi connectivity index (χ0) is 44.6. The molecule has 0 unspecified atom stereocenters. The molecule has 6 aromatic carbocycles. The van der Waals surface area contributed by atoms with Crippen LogP contribution < -0.4 is 35.9 Å². The minimum absolute atomic E-state index is 0.0201. The molecule has 3 aliphatic heterocycles. The van der Waals surface area contributed by atoms with Crippen LogP contribution in [0, 0.1) is 6.92 Å². The number of hydrogen-bond acceptors (Lipinski definition) is 3. The van der Waals surface area contributed by atoms with E-state index in [0.717, 1.165) is 0 Å². The quantitative estimate of drug-likeness (QED) is 0.160. The lowest BCUT2D eigenvalue weighted by atomic mass is 9.35. The molecule has 5 aliphatic rings. The molecule has 2 aliphatic carbocycles. The number of benzene rings is 6. The van der Waals surface area contributed by atoms with Gasteiger partial charge in [-0.15, -0.1) is 11.3 Å². The number of aryl methyl sites for hydroxylation is 1. The molecule has 2 nitrogen and oxygen atoms in total. The Balaban J connectivity index is 1.22. The summed E-state index contributed by atoms with van der Waals surface area (Å²) in [5.74, 6) is 0. The van der Waals surface area contributed by atoms with Crippen LogP contribution in [-0.4, -0.2) is 16.2 Å². The third-order valence-corrected chi connectivity index (χ3v) is 19.1. The second kappa shape index (κ2) is 13.2. The van der Waals surface area contributed by atoms with E-state index in [1.165, 1.54) is 140 Å². The second-order valence-corrected chi connectivity index (χ2v) is 26.1. The summed E-state index contributed by atoms with van der Waals surface area (Å²) in [7, 11) is 0.654. The molecule has 0 spiro atoms. The summed E-state index contributed by atoms with van der Waals surface area (Å²) < 4.78 is 2.83. The van der Waals surface area contributed by atoms with Gasteiger partial charge in [0.05, 0.1) is 11.4 Å². The number of rotatable bonds is 2. The summed E-state index contributed by atoms with van der Waals surface area (Å²) in [4.78, 5) is 5.45. The van der Waals surface area contributed by atoms with Crippen molar-refractivity contribution in [2.45, 2.75) is 136 Å². The van der Waals surface area contributed by atoms with Gasteiger partial charge in [0.1, 0.15) is 9.52 Å². The minimum Gasteiger partial charge on any atom is -0.311 e. The van der Waals surface area contributed by atoms with Gasteiger partial charge in [-0.1, -0.05) is 136 Å². The Labute approximate surface area is 389 Å². The SMILES string of the molecule is Cc1cc2c3c(c1)N(c1cccc4c1-c1ccccc1[Si]4)c1c(sc4ccc(C(C)(C)C)cc14)B3c1cc3c(cc1N2c1ccc2c(c1)C(C)(C)CCC2(C)C)C(C)(C)CCC3(C)C. The van der Waals surface area contributed by atoms with E-state index in [0.29, 0.717) is 9.52 Å². The molecule has 7 aromatic rings. The molecule has 0 N–H and O–H groups in total. The van der Waals surface area contributed by atoms with Crippen LogP contribution in [0.1, 0.15) is 135 Å². The number of anilines is 6. The second-order valence-electron chi connectivity index (χ2n) is 23.7. The Bertz CT molecular complexity index is 3170. The topological polar surface area (TPSA) is 6.48 Å².